The molecule has 16 heteroatoms. The molecule has 2 aromatic rings. The van der Waals surface area contributed by atoms with E-state index in [1.165, 1.54) is 22.6 Å². The van der Waals surface area contributed by atoms with Crippen molar-refractivity contribution < 1.29 is 41.3 Å². The second-order valence-corrected chi connectivity index (χ2v) is 16.3. The first-order valence-electron chi connectivity index (χ1n) is 15.8. The highest BCUT2D eigenvalue weighted by Crippen LogP contribution is 2.38. The van der Waals surface area contributed by atoms with Gasteiger partial charge >= 0.3 is 0 Å². The number of rotatable bonds is 11. The number of benzene rings is 1. The summed E-state index contributed by atoms with van der Waals surface area (Å²) in [6, 6.07) is 7.17. The third-order valence-electron chi connectivity index (χ3n) is 9.35. The first-order valence-corrected chi connectivity index (χ1v) is 18.7. The molecule has 1 saturated carbocycles. The van der Waals surface area contributed by atoms with Crippen molar-refractivity contribution in [2.24, 2.45) is 0 Å². The van der Waals surface area contributed by atoms with Gasteiger partial charge in [-0.3, -0.25) is 0 Å². The number of pyridine rings is 1. The molecule has 6 rings (SSSR count). The van der Waals surface area contributed by atoms with Gasteiger partial charge in [-0.2, -0.15) is 4.31 Å². The van der Waals surface area contributed by atoms with Gasteiger partial charge in [0.2, 0.25) is 25.9 Å². The minimum absolute atomic E-state index is 0.0105. The van der Waals surface area contributed by atoms with E-state index in [9.17, 15) is 27.0 Å². The standard InChI is InChI=1S/C30H43N5O9S2/c1-34-12-13-42-29-27(34)15-25(18-32-29)46(40,41)35-10-8-30(9-11-35)16-21(19-44-30)31-17-22(36)20-43-23-4-2-5-24(14-23)45(38,39)33-26-6-3-7-28(26)37/h2,4-5,14-15,18,21-22,26,28,31,33,36-37H,3,6-13,16-17,19-20H2,1H3/t21-,22?,26+,28+/m1/s1. The molecule has 4 aliphatic rings. The number of anilines is 1. The van der Waals surface area contributed by atoms with Gasteiger partial charge in [-0.05, 0) is 56.7 Å². The Balaban J connectivity index is 0.954. The zero-order chi connectivity index (χ0) is 32.5. The lowest BCUT2D eigenvalue weighted by molar-refractivity contribution is -0.0312. The van der Waals surface area contributed by atoms with E-state index in [4.69, 9.17) is 14.2 Å². The summed E-state index contributed by atoms with van der Waals surface area (Å²) in [4.78, 5) is 6.36. The van der Waals surface area contributed by atoms with Crippen molar-refractivity contribution in [3.63, 3.8) is 0 Å². The van der Waals surface area contributed by atoms with E-state index in [2.05, 4.69) is 15.0 Å². The number of nitrogens with one attached hydrogen (secondary N) is 2. The van der Waals surface area contributed by atoms with Crippen LogP contribution in [-0.4, -0.2) is 119 Å². The smallest absolute Gasteiger partial charge is 0.244 e. The van der Waals surface area contributed by atoms with Crippen LogP contribution in [0.25, 0.3) is 0 Å². The number of fused-ring (bicyclic) bond motifs is 1. The monoisotopic (exact) mass is 681 g/mol. The minimum atomic E-state index is -3.83. The van der Waals surface area contributed by atoms with Crippen LogP contribution in [0.3, 0.4) is 0 Å². The first-order chi connectivity index (χ1) is 21.9. The molecule has 1 aromatic carbocycles. The van der Waals surface area contributed by atoms with E-state index in [0.29, 0.717) is 82.3 Å². The number of aliphatic hydroxyl groups excluding tert-OH is 2. The number of hydrogen-bond acceptors (Lipinski definition) is 12. The Bertz CT molecular complexity index is 1600. The van der Waals surface area contributed by atoms with E-state index in [1.807, 2.05) is 11.9 Å². The van der Waals surface area contributed by atoms with Gasteiger partial charge in [0.05, 0.1) is 35.9 Å². The van der Waals surface area contributed by atoms with Crippen molar-refractivity contribution >= 4 is 25.7 Å². The summed E-state index contributed by atoms with van der Waals surface area (Å²) >= 11 is 0. The normalized spacial score (nSPS) is 25.7. The summed E-state index contributed by atoms with van der Waals surface area (Å²) in [5.74, 6) is 0.749. The Labute approximate surface area is 270 Å². The molecule has 46 heavy (non-hydrogen) atoms. The maximum absolute atomic E-state index is 13.4. The van der Waals surface area contributed by atoms with Crippen LogP contribution in [0, 0.1) is 0 Å². The second-order valence-electron chi connectivity index (χ2n) is 12.6. The number of aromatic nitrogens is 1. The van der Waals surface area contributed by atoms with Crippen LogP contribution in [0.4, 0.5) is 5.69 Å². The van der Waals surface area contributed by atoms with Crippen LogP contribution in [0.5, 0.6) is 11.6 Å². The van der Waals surface area contributed by atoms with Crippen molar-refractivity contribution in [3.05, 3.63) is 36.5 Å². The van der Waals surface area contributed by atoms with Gasteiger partial charge in [-0.1, -0.05) is 6.07 Å². The van der Waals surface area contributed by atoms with Gasteiger partial charge in [0.15, 0.2) is 0 Å². The first kappa shape index (κ1) is 33.3. The number of sulfonamides is 2. The fourth-order valence-electron chi connectivity index (χ4n) is 6.59. The Morgan fingerprint density at radius 2 is 1.93 bits per heavy atom. The average molecular weight is 682 g/mol. The van der Waals surface area contributed by atoms with Crippen molar-refractivity contribution in [1.82, 2.24) is 19.3 Å². The number of aliphatic hydroxyl groups is 2. The molecule has 0 radical (unpaired) electrons. The lowest BCUT2D eigenvalue weighted by Crippen LogP contribution is -2.47. The predicted octanol–water partition coefficient (Wildman–Crippen LogP) is 0.444. The van der Waals surface area contributed by atoms with Gasteiger partial charge in [-0.15, -0.1) is 0 Å². The predicted molar refractivity (Wildman–Crippen MR) is 168 cm³/mol. The molecule has 1 aliphatic carbocycles. The van der Waals surface area contributed by atoms with Gasteiger partial charge < -0.3 is 34.6 Å². The molecular formula is C30H43N5O9S2. The number of piperidine rings is 1. The maximum atomic E-state index is 13.4. The molecule has 1 aromatic heterocycles. The number of ether oxygens (including phenoxy) is 3. The zero-order valence-corrected chi connectivity index (χ0v) is 27.5. The largest absolute Gasteiger partial charge is 0.491 e. The van der Waals surface area contributed by atoms with Gasteiger partial charge in [0, 0.05) is 44.8 Å². The van der Waals surface area contributed by atoms with Crippen molar-refractivity contribution in [2.45, 2.75) is 78.2 Å². The molecule has 0 bridgehead atoms. The molecule has 4 heterocycles. The van der Waals surface area contributed by atoms with E-state index in [0.717, 1.165) is 6.42 Å². The maximum Gasteiger partial charge on any atom is 0.244 e. The molecule has 1 spiro atoms. The number of hydrogen-bond donors (Lipinski definition) is 4. The SMILES string of the molecule is CN1CCOc2ncc(S(=O)(=O)N3CCC4(CC3)C[C@@H](NCC(O)COc3cccc(S(=O)(=O)N[C@H]5CCC[C@@H]5O)c3)CO4)cc21. The van der Waals surface area contributed by atoms with Crippen LogP contribution < -0.4 is 24.4 Å². The summed E-state index contributed by atoms with van der Waals surface area (Å²) in [7, 11) is -5.67. The molecule has 14 nitrogen and oxygen atoms in total. The lowest BCUT2D eigenvalue weighted by atomic mass is 9.88. The number of nitrogens with zero attached hydrogens (tertiary/aromatic N) is 3. The second kappa shape index (κ2) is 13.5. The molecule has 0 amide bonds. The summed E-state index contributed by atoms with van der Waals surface area (Å²) in [6.45, 7) is 2.48. The van der Waals surface area contributed by atoms with Gasteiger partial charge in [0.1, 0.15) is 35.7 Å². The lowest BCUT2D eigenvalue weighted by Gasteiger charge is -2.38. The molecule has 3 aliphatic heterocycles. The highest BCUT2D eigenvalue weighted by molar-refractivity contribution is 7.89. The Kier molecular flexibility index (Phi) is 9.79. The van der Waals surface area contributed by atoms with Crippen LogP contribution >= 0.6 is 0 Å². The van der Waals surface area contributed by atoms with Crippen LogP contribution in [-0.2, 0) is 24.8 Å². The summed E-state index contributed by atoms with van der Waals surface area (Å²) in [5.41, 5.74) is 0.234. The fraction of sp³-hybridized carbons (Fsp3) is 0.633. The Morgan fingerprint density at radius 3 is 2.70 bits per heavy atom. The van der Waals surface area contributed by atoms with Crippen LogP contribution in [0.2, 0.25) is 0 Å². The highest BCUT2D eigenvalue weighted by Gasteiger charge is 2.45. The summed E-state index contributed by atoms with van der Waals surface area (Å²) < 4.78 is 74.0. The average Bonchev–Trinajstić information content (AvgIpc) is 3.64. The van der Waals surface area contributed by atoms with Crippen molar-refractivity contribution in [3.8, 4) is 11.6 Å². The molecule has 3 fully saturated rings. The zero-order valence-electron chi connectivity index (χ0n) is 25.9. The molecule has 4 N–H and O–H groups in total. The van der Waals surface area contributed by atoms with E-state index in [1.54, 1.807) is 18.2 Å². The summed E-state index contributed by atoms with van der Waals surface area (Å²) in [6.07, 6.45) is 3.55. The van der Waals surface area contributed by atoms with Crippen LogP contribution in [0.15, 0.2) is 46.3 Å². The van der Waals surface area contributed by atoms with Crippen molar-refractivity contribution in [2.75, 3.05) is 57.9 Å². The molecule has 1 unspecified atom stereocenters. The van der Waals surface area contributed by atoms with E-state index in [-0.39, 0.29) is 29.0 Å². The van der Waals surface area contributed by atoms with Crippen LogP contribution in [0.1, 0.15) is 38.5 Å². The topological polar surface area (TPSA) is 180 Å². The minimum Gasteiger partial charge on any atom is -0.491 e. The van der Waals surface area contributed by atoms with E-state index < -0.39 is 43.9 Å². The summed E-state index contributed by atoms with van der Waals surface area (Å²) in [5, 5.41) is 23.9. The number of likely N-dealkylation sites (N-methyl/N-ethyl adjacent to an activating group) is 1. The molecule has 4 atom stereocenters. The quantitative estimate of drug-likeness (QED) is 0.258. The fourth-order valence-corrected chi connectivity index (χ4v) is 9.33. The highest BCUT2D eigenvalue weighted by atomic mass is 32.2. The van der Waals surface area contributed by atoms with E-state index >= 15 is 0 Å². The molecule has 254 valence electrons. The third kappa shape index (κ3) is 7.28. The van der Waals surface area contributed by atoms with Crippen molar-refractivity contribution in [1.29, 1.82) is 0 Å². The molecular weight excluding hydrogens is 638 g/mol. The van der Waals surface area contributed by atoms with Gasteiger partial charge in [0.25, 0.3) is 0 Å². The third-order valence-corrected chi connectivity index (χ3v) is 12.7. The molecule has 2 saturated heterocycles. The Hall–Kier alpha value is -2.57. The Morgan fingerprint density at radius 1 is 1.13 bits per heavy atom. The van der Waals surface area contributed by atoms with Gasteiger partial charge in [-0.25, -0.2) is 26.5 Å².